The van der Waals surface area contributed by atoms with E-state index in [9.17, 15) is 0 Å². The second-order valence-corrected chi connectivity index (χ2v) is 5.58. The highest BCUT2D eigenvalue weighted by Gasteiger charge is 2.52. The Kier molecular flexibility index (Phi) is 2.39. The molecule has 0 saturated heterocycles. The number of hydrogen-bond donors (Lipinski definition) is 0. The average molecular weight is 190 g/mol. The maximum Gasteiger partial charge on any atom is -0.0323 e. The first-order chi connectivity index (χ1) is 6.97. The van der Waals surface area contributed by atoms with Crippen LogP contribution in [0.15, 0.2) is 12.2 Å². The lowest BCUT2D eigenvalue weighted by Gasteiger charge is -2.07. The van der Waals surface area contributed by atoms with Crippen molar-refractivity contribution >= 4 is 0 Å². The molecule has 0 nitrogen and oxygen atoms in total. The molecule has 0 heterocycles. The first kappa shape index (κ1) is 9.00. The summed E-state index contributed by atoms with van der Waals surface area (Å²) in [7, 11) is 0. The van der Waals surface area contributed by atoms with Crippen LogP contribution in [0.3, 0.4) is 0 Å². The van der Waals surface area contributed by atoms with E-state index in [-0.39, 0.29) is 0 Å². The fraction of sp³-hybridized carbons (Fsp3) is 0.857. The van der Waals surface area contributed by atoms with E-state index in [2.05, 4.69) is 12.2 Å². The third-order valence-electron chi connectivity index (χ3n) is 4.84. The lowest BCUT2D eigenvalue weighted by Crippen LogP contribution is -1.99. The van der Waals surface area contributed by atoms with Gasteiger partial charge in [0.05, 0.1) is 0 Å². The molecule has 0 amide bonds. The topological polar surface area (TPSA) is 0 Å². The summed E-state index contributed by atoms with van der Waals surface area (Å²) in [4.78, 5) is 0. The highest BCUT2D eigenvalue weighted by Crippen LogP contribution is 2.59. The minimum atomic E-state index is 1.14. The van der Waals surface area contributed by atoms with Gasteiger partial charge in [-0.15, -0.1) is 0 Å². The van der Waals surface area contributed by atoms with Crippen LogP contribution in [-0.2, 0) is 0 Å². The minimum Gasteiger partial charge on any atom is -0.0885 e. The molecule has 0 aromatic carbocycles. The third-order valence-corrected chi connectivity index (χ3v) is 4.84. The summed E-state index contributed by atoms with van der Waals surface area (Å²) in [5, 5.41) is 0. The predicted octanol–water partition coefficient (Wildman–Crippen LogP) is 4.17. The highest BCUT2D eigenvalue weighted by atomic mass is 14.6. The van der Waals surface area contributed by atoms with Gasteiger partial charge in [0, 0.05) is 0 Å². The van der Waals surface area contributed by atoms with Gasteiger partial charge in [-0.3, -0.25) is 0 Å². The molecule has 3 rings (SSSR count). The molecule has 0 spiro atoms. The maximum atomic E-state index is 2.42. The average Bonchev–Trinajstić information content (AvgIpc) is 2.65. The van der Waals surface area contributed by atoms with E-state index in [1.54, 1.807) is 12.8 Å². The van der Waals surface area contributed by atoms with Gasteiger partial charge in [0.2, 0.25) is 0 Å². The van der Waals surface area contributed by atoms with Crippen LogP contribution in [0.4, 0.5) is 0 Å². The zero-order valence-electron chi connectivity index (χ0n) is 9.12. The highest BCUT2D eigenvalue weighted by molar-refractivity contribution is 5.04. The molecule has 0 radical (unpaired) electrons. The van der Waals surface area contributed by atoms with Crippen LogP contribution < -0.4 is 0 Å². The summed E-state index contributed by atoms with van der Waals surface area (Å²) < 4.78 is 0. The van der Waals surface area contributed by atoms with Crippen molar-refractivity contribution in [1.82, 2.24) is 0 Å². The third kappa shape index (κ3) is 1.53. The Balaban J connectivity index is 1.62. The van der Waals surface area contributed by atoms with Crippen molar-refractivity contribution in [3.63, 3.8) is 0 Å². The second kappa shape index (κ2) is 3.72. The van der Waals surface area contributed by atoms with Crippen molar-refractivity contribution in [2.75, 3.05) is 0 Å². The van der Waals surface area contributed by atoms with Gasteiger partial charge in [-0.2, -0.15) is 0 Å². The molecule has 2 atom stereocenters. The molecule has 14 heavy (non-hydrogen) atoms. The molecule has 0 N–H and O–H groups in total. The molecule has 0 aromatic rings. The predicted molar refractivity (Wildman–Crippen MR) is 60.0 cm³/mol. The van der Waals surface area contributed by atoms with Gasteiger partial charge in [0.25, 0.3) is 0 Å². The van der Waals surface area contributed by atoms with Crippen LogP contribution >= 0.6 is 0 Å². The Bertz CT molecular complexity index is 206. The summed E-state index contributed by atoms with van der Waals surface area (Å²) in [6, 6.07) is 0. The van der Waals surface area contributed by atoms with Crippen LogP contribution in [-0.4, -0.2) is 0 Å². The van der Waals surface area contributed by atoms with Crippen molar-refractivity contribution in [3.05, 3.63) is 12.2 Å². The number of rotatable bonds is 1. The Labute approximate surface area is 87.8 Å². The molecule has 0 aromatic heterocycles. The van der Waals surface area contributed by atoms with E-state index in [1.165, 1.54) is 38.5 Å². The molecular formula is C14H22. The lowest BCUT2D eigenvalue weighted by atomic mass is 9.98. The van der Waals surface area contributed by atoms with Crippen molar-refractivity contribution in [1.29, 1.82) is 0 Å². The maximum absolute atomic E-state index is 2.42. The van der Waals surface area contributed by atoms with E-state index in [4.69, 9.17) is 0 Å². The quantitative estimate of drug-likeness (QED) is 0.544. The SMILES string of the molecule is C1=CCCC2C(CC1)C2C1CCCC1. The second-order valence-electron chi connectivity index (χ2n) is 5.58. The van der Waals surface area contributed by atoms with Gasteiger partial charge < -0.3 is 0 Å². The molecule has 0 aliphatic heterocycles. The molecule has 2 unspecified atom stereocenters. The Morgan fingerprint density at radius 2 is 1.29 bits per heavy atom. The lowest BCUT2D eigenvalue weighted by molar-refractivity contribution is 0.427. The van der Waals surface area contributed by atoms with Crippen molar-refractivity contribution in [3.8, 4) is 0 Å². The molecule has 78 valence electrons. The van der Waals surface area contributed by atoms with Crippen molar-refractivity contribution < 1.29 is 0 Å². The van der Waals surface area contributed by atoms with Crippen LogP contribution in [0.5, 0.6) is 0 Å². The zero-order valence-corrected chi connectivity index (χ0v) is 9.12. The van der Waals surface area contributed by atoms with Crippen molar-refractivity contribution in [2.45, 2.75) is 51.4 Å². The summed E-state index contributed by atoms with van der Waals surface area (Å²) in [5.74, 6) is 4.59. The number of fused-ring (bicyclic) bond motifs is 1. The van der Waals surface area contributed by atoms with E-state index < -0.39 is 0 Å². The number of hydrogen-bond acceptors (Lipinski definition) is 0. The van der Waals surface area contributed by atoms with Gasteiger partial charge in [-0.25, -0.2) is 0 Å². The zero-order chi connectivity index (χ0) is 9.38. The molecule has 3 aliphatic carbocycles. The monoisotopic (exact) mass is 190 g/mol. The standard InChI is InChI=1S/C14H22/c1-2-4-10-13-12(9-3-1)14(13)11-7-5-6-8-11/h1-2,11-14H,3-10H2. The Morgan fingerprint density at radius 1 is 0.714 bits per heavy atom. The van der Waals surface area contributed by atoms with E-state index in [0.717, 1.165) is 23.7 Å². The molecule has 2 fully saturated rings. The van der Waals surface area contributed by atoms with Crippen LogP contribution in [0.25, 0.3) is 0 Å². The summed E-state index contributed by atoms with van der Waals surface area (Å²) >= 11 is 0. The van der Waals surface area contributed by atoms with Gasteiger partial charge in [0.1, 0.15) is 0 Å². The van der Waals surface area contributed by atoms with Gasteiger partial charge in [0.15, 0.2) is 0 Å². The smallest absolute Gasteiger partial charge is 0.0323 e. The molecule has 0 bridgehead atoms. The number of allylic oxidation sites excluding steroid dienone is 2. The molecule has 0 heteroatoms. The minimum absolute atomic E-state index is 1.14. The summed E-state index contributed by atoms with van der Waals surface area (Å²) in [6.07, 6.45) is 16.7. The summed E-state index contributed by atoms with van der Waals surface area (Å²) in [6.45, 7) is 0. The van der Waals surface area contributed by atoms with Crippen LogP contribution in [0, 0.1) is 23.7 Å². The first-order valence-electron chi connectivity index (χ1n) is 6.62. The fourth-order valence-corrected chi connectivity index (χ4v) is 4.14. The van der Waals surface area contributed by atoms with E-state index in [0.29, 0.717) is 0 Å². The normalized spacial score (nSPS) is 43.0. The molecular weight excluding hydrogens is 168 g/mol. The summed E-state index contributed by atoms with van der Waals surface area (Å²) in [5.41, 5.74) is 0. The first-order valence-corrected chi connectivity index (χ1v) is 6.62. The largest absolute Gasteiger partial charge is 0.0885 e. The Morgan fingerprint density at radius 3 is 1.86 bits per heavy atom. The van der Waals surface area contributed by atoms with E-state index >= 15 is 0 Å². The van der Waals surface area contributed by atoms with E-state index in [1.807, 2.05) is 0 Å². The van der Waals surface area contributed by atoms with Crippen LogP contribution in [0.1, 0.15) is 51.4 Å². The fourth-order valence-electron chi connectivity index (χ4n) is 4.14. The van der Waals surface area contributed by atoms with Crippen LogP contribution in [0.2, 0.25) is 0 Å². The molecule has 2 saturated carbocycles. The van der Waals surface area contributed by atoms with Crippen molar-refractivity contribution in [2.24, 2.45) is 23.7 Å². The Hall–Kier alpha value is -0.260. The van der Waals surface area contributed by atoms with Gasteiger partial charge >= 0.3 is 0 Å². The van der Waals surface area contributed by atoms with Gasteiger partial charge in [-0.1, -0.05) is 37.8 Å². The van der Waals surface area contributed by atoms with Gasteiger partial charge in [-0.05, 0) is 49.4 Å². The molecule has 3 aliphatic rings.